The van der Waals surface area contributed by atoms with E-state index in [0.717, 1.165) is 16.3 Å². The van der Waals surface area contributed by atoms with E-state index < -0.39 is 10.1 Å². The SMILES string of the molecule is CCS(=O)(=O)Oc1cccc(CN(CCOC)C(=O)c2cccc3ccccc23)c1. The molecule has 0 aliphatic rings. The van der Waals surface area contributed by atoms with Crippen LogP contribution in [0.15, 0.2) is 66.7 Å². The van der Waals surface area contributed by atoms with Crippen molar-refractivity contribution >= 4 is 26.8 Å². The van der Waals surface area contributed by atoms with Gasteiger partial charge in [-0.2, -0.15) is 8.42 Å². The van der Waals surface area contributed by atoms with Gasteiger partial charge in [-0.1, -0.05) is 48.5 Å². The van der Waals surface area contributed by atoms with Crippen molar-refractivity contribution in [1.29, 1.82) is 0 Å². The Morgan fingerprint density at radius 3 is 2.50 bits per heavy atom. The van der Waals surface area contributed by atoms with Crippen LogP contribution in [0.3, 0.4) is 0 Å². The topological polar surface area (TPSA) is 72.9 Å². The Morgan fingerprint density at radius 2 is 1.73 bits per heavy atom. The summed E-state index contributed by atoms with van der Waals surface area (Å²) in [5.74, 6) is 0.00605. The maximum atomic E-state index is 13.4. The number of carbonyl (C=O) groups excluding carboxylic acids is 1. The highest BCUT2D eigenvalue weighted by atomic mass is 32.2. The van der Waals surface area contributed by atoms with Gasteiger partial charge in [0.25, 0.3) is 5.91 Å². The number of fused-ring (bicyclic) bond motifs is 1. The lowest BCUT2D eigenvalue weighted by atomic mass is 10.0. The maximum Gasteiger partial charge on any atom is 0.308 e. The molecule has 7 heteroatoms. The Hall–Kier alpha value is -2.90. The number of methoxy groups -OCH3 is 1. The quantitative estimate of drug-likeness (QED) is 0.485. The van der Waals surface area contributed by atoms with Crippen molar-refractivity contribution in [2.45, 2.75) is 13.5 Å². The van der Waals surface area contributed by atoms with E-state index >= 15 is 0 Å². The highest BCUT2D eigenvalue weighted by Crippen LogP contribution is 2.22. The molecule has 0 N–H and O–H groups in total. The van der Waals surface area contributed by atoms with Crippen molar-refractivity contribution in [3.63, 3.8) is 0 Å². The largest absolute Gasteiger partial charge is 0.383 e. The molecule has 0 aliphatic carbocycles. The average Bonchev–Trinajstić information content (AvgIpc) is 2.75. The maximum absolute atomic E-state index is 13.4. The molecule has 0 saturated heterocycles. The van der Waals surface area contributed by atoms with E-state index in [1.807, 2.05) is 48.5 Å². The van der Waals surface area contributed by atoms with Gasteiger partial charge in [-0.05, 0) is 41.5 Å². The Bertz CT molecular complexity index is 1120. The monoisotopic (exact) mass is 427 g/mol. The van der Waals surface area contributed by atoms with Gasteiger partial charge >= 0.3 is 10.1 Å². The molecule has 3 aromatic carbocycles. The number of benzene rings is 3. The van der Waals surface area contributed by atoms with E-state index in [0.29, 0.717) is 25.3 Å². The van der Waals surface area contributed by atoms with Gasteiger partial charge in [0.2, 0.25) is 0 Å². The number of carbonyl (C=O) groups is 1. The molecule has 1 amide bonds. The fraction of sp³-hybridized carbons (Fsp3) is 0.261. The molecule has 0 fully saturated rings. The highest BCUT2D eigenvalue weighted by molar-refractivity contribution is 7.87. The third kappa shape index (κ3) is 5.37. The van der Waals surface area contributed by atoms with Crippen LogP contribution < -0.4 is 4.18 Å². The molecule has 158 valence electrons. The number of amides is 1. The fourth-order valence-electron chi connectivity index (χ4n) is 3.16. The zero-order valence-corrected chi connectivity index (χ0v) is 17.9. The highest BCUT2D eigenvalue weighted by Gasteiger charge is 2.19. The summed E-state index contributed by atoms with van der Waals surface area (Å²) in [6.45, 7) is 2.61. The van der Waals surface area contributed by atoms with Crippen LogP contribution in [0.5, 0.6) is 5.75 Å². The van der Waals surface area contributed by atoms with Crippen LogP contribution >= 0.6 is 0 Å². The third-order valence-electron chi connectivity index (χ3n) is 4.72. The normalized spacial score (nSPS) is 11.4. The molecule has 0 radical (unpaired) electrons. The van der Waals surface area contributed by atoms with Crippen molar-refractivity contribution in [1.82, 2.24) is 4.90 Å². The molecule has 0 spiro atoms. The molecule has 6 nitrogen and oxygen atoms in total. The van der Waals surface area contributed by atoms with Crippen LogP contribution in [0.4, 0.5) is 0 Å². The van der Waals surface area contributed by atoms with Gasteiger partial charge in [-0.25, -0.2) is 0 Å². The summed E-state index contributed by atoms with van der Waals surface area (Å²) in [5.41, 5.74) is 1.38. The van der Waals surface area contributed by atoms with E-state index in [9.17, 15) is 13.2 Å². The lowest BCUT2D eigenvalue weighted by molar-refractivity contribution is 0.0682. The summed E-state index contributed by atoms with van der Waals surface area (Å²) >= 11 is 0. The van der Waals surface area contributed by atoms with Crippen molar-refractivity contribution in [3.8, 4) is 5.75 Å². The van der Waals surface area contributed by atoms with Crippen molar-refractivity contribution in [2.75, 3.05) is 26.0 Å². The third-order valence-corrected chi connectivity index (χ3v) is 5.87. The summed E-state index contributed by atoms with van der Waals surface area (Å²) in [4.78, 5) is 15.1. The Morgan fingerprint density at radius 1 is 1.00 bits per heavy atom. The molecule has 0 atom stereocenters. The van der Waals surface area contributed by atoms with Crippen molar-refractivity contribution in [2.24, 2.45) is 0 Å². The summed E-state index contributed by atoms with van der Waals surface area (Å²) in [6.07, 6.45) is 0. The first-order valence-corrected chi connectivity index (χ1v) is 11.3. The second kappa shape index (κ2) is 9.73. The summed E-state index contributed by atoms with van der Waals surface area (Å²) < 4.78 is 33.8. The molecular weight excluding hydrogens is 402 g/mol. The molecule has 3 aromatic rings. The van der Waals surface area contributed by atoms with Gasteiger partial charge in [-0.15, -0.1) is 0 Å². The van der Waals surface area contributed by atoms with Gasteiger partial charge in [0, 0.05) is 25.8 Å². The van der Waals surface area contributed by atoms with E-state index in [1.54, 1.807) is 30.2 Å². The molecule has 0 unspecified atom stereocenters. The lowest BCUT2D eigenvalue weighted by Crippen LogP contribution is -2.33. The molecule has 30 heavy (non-hydrogen) atoms. The molecule has 0 bridgehead atoms. The lowest BCUT2D eigenvalue weighted by Gasteiger charge is -2.23. The first kappa shape index (κ1) is 21.8. The van der Waals surface area contributed by atoms with Gasteiger partial charge in [0.15, 0.2) is 0 Å². The zero-order chi connectivity index (χ0) is 21.6. The van der Waals surface area contributed by atoms with E-state index in [2.05, 4.69) is 0 Å². The zero-order valence-electron chi connectivity index (χ0n) is 17.1. The number of ether oxygens (including phenoxy) is 1. The Labute approximate surface area is 177 Å². The Balaban J connectivity index is 1.89. The predicted octanol–water partition coefficient (Wildman–Crippen LogP) is 3.86. The predicted molar refractivity (Wildman–Crippen MR) is 117 cm³/mol. The van der Waals surface area contributed by atoms with Crippen LogP contribution in [0.25, 0.3) is 10.8 Å². The number of hydrogen-bond acceptors (Lipinski definition) is 5. The van der Waals surface area contributed by atoms with Crippen LogP contribution in [-0.4, -0.2) is 45.2 Å². The summed E-state index contributed by atoms with van der Waals surface area (Å²) in [7, 11) is -2.03. The average molecular weight is 428 g/mol. The second-order valence-electron chi connectivity index (χ2n) is 6.82. The standard InChI is InChI=1S/C23H25NO5S/c1-3-30(26,27)29-20-11-6-8-18(16-20)17-24(14-15-28-2)23(25)22-13-7-10-19-9-4-5-12-21(19)22/h4-13,16H,3,14-15,17H2,1-2H3. The van der Waals surface area contributed by atoms with Gasteiger partial charge in [0.05, 0.1) is 12.4 Å². The minimum atomic E-state index is -3.62. The first-order valence-electron chi connectivity index (χ1n) is 9.70. The van der Waals surface area contributed by atoms with E-state index in [-0.39, 0.29) is 17.4 Å². The van der Waals surface area contributed by atoms with Gasteiger partial charge in [0.1, 0.15) is 5.75 Å². The molecule has 0 aliphatic heterocycles. The number of rotatable bonds is 9. The molecule has 0 saturated carbocycles. The molecule has 3 rings (SSSR count). The van der Waals surface area contributed by atoms with Crippen LogP contribution in [0, 0.1) is 0 Å². The van der Waals surface area contributed by atoms with Gasteiger partial charge < -0.3 is 13.8 Å². The van der Waals surface area contributed by atoms with Gasteiger partial charge in [-0.3, -0.25) is 4.79 Å². The Kier molecular flexibility index (Phi) is 7.07. The van der Waals surface area contributed by atoms with Crippen LogP contribution in [-0.2, 0) is 21.4 Å². The van der Waals surface area contributed by atoms with Crippen molar-refractivity contribution < 1.29 is 22.1 Å². The minimum absolute atomic E-state index is 0.114. The van der Waals surface area contributed by atoms with Crippen molar-refractivity contribution in [3.05, 3.63) is 77.9 Å². The first-order chi connectivity index (χ1) is 14.4. The van der Waals surface area contributed by atoms with Crippen LogP contribution in [0.1, 0.15) is 22.8 Å². The molecule has 0 aromatic heterocycles. The fourth-order valence-corrected chi connectivity index (χ4v) is 3.67. The number of hydrogen-bond donors (Lipinski definition) is 0. The number of nitrogens with zero attached hydrogens (tertiary/aromatic N) is 1. The smallest absolute Gasteiger partial charge is 0.308 e. The molecule has 0 heterocycles. The van der Waals surface area contributed by atoms with E-state index in [4.69, 9.17) is 8.92 Å². The van der Waals surface area contributed by atoms with E-state index in [1.165, 1.54) is 6.92 Å². The summed E-state index contributed by atoms with van der Waals surface area (Å²) in [6, 6.07) is 20.2. The second-order valence-corrected chi connectivity index (χ2v) is 8.68. The summed E-state index contributed by atoms with van der Waals surface area (Å²) in [5, 5.41) is 1.88. The minimum Gasteiger partial charge on any atom is -0.383 e. The molecular formula is C23H25NO5S. The van der Waals surface area contributed by atoms with Crippen LogP contribution in [0.2, 0.25) is 0 Å².